The molecule has 1 amide bonds. The third-order valence-electron chi connectivity index (χ3n) is 0.728. The van der Waals surface area contributed by atoms with Crippen molar-refractivity contribution in [2.45, 2.75) is 13.8 Å². The van der Waals surface area contributed by atoms with Crippen LogP contribution in [-0.2, 0) is 4.79 Å². The van der Waals surface area contributed by atoms with Crippen molar-refractivity contribution < 1.29 is 9.59 Å². The summed E-state index contributed by atoms with van der Waals surface area (Å²) in [5.74, 6) is 0.294. The summed E-state index contributed by atoms with van der Waals surface area (Å²) >= 11 is 1.01. The first kappa shape index (κ1) is 9.49. The fraction of sp³-hybridized carbons (Fsp3) is 0.667. The van der Waals surface area contributed by atoms with Crippen molar-refractivity contribution in [1.29, 1.82) is 0 Å². The Balaban J connectivity index is 3.30. The van der Waals surface area contributed by atoms with Gasteiger partial charge in [-0.2, -0.15) is 0 Å². The Morgan fingerprint density at radius 1 is 1.50 bits per heavy atom. The first-order valence-corrected chi connectivity index (χ1v) is 4.05. The molecule has 0 atom stereocenters. The standard InChI is InChI=1S/C6H11NO2S/c1-3-7-6(9)10-4-5(2)8/h3-4H2,1-2H3,(H,7,9). The first-order valence-electron chi connectivity index (χ1n) is 3.07. The molecule has 0 radical (unpaired) electrons. The minimum absolute atomic E-state index is 0.0243. The molecular formula is C6H11NO2S. The molecule has 0 bridgehead atoms. The summed E-state index contributed by atoms with van der Waals surface area (Å²) in [5, 5.41) is 2.45. The Hall–Kier alpha value is -0.510. The molecule has 0 aromatic heterocycles. The molecule has 0 saturated carbocycles. The van der Waals surface area contributed by atoms with Gasteiger partial charge in [-0.15, -0.1) is 0 Å². The van der Waals surface area contributed by atoms with Crippen LogP contribution in [0.1, 0.15) is 13.8 Å². The number of nitrogens with one attached hydrogen (secondary N) is 1. The fourth-order valence-corrected chi connectivity index (χ4v) is 0.943. The Morgan fingerprint density at radius 2 is 2.10 bits per heavy atom. The maximum absolute atomic E-state index is 10.6. The van der Waals surface area contributed by atoms with Crippen LogP contribution in [0.25, 0.3) is 0 Å². The maximum atomic E-state index is 10.6. The van der Waals surface area contributed by atoms with Gasteiger partial charge < -0.3 is 5.32 Å². The van der Waals surface area contributed by atoms with Gasteiger partial charge in [-0.3, -0.25) is 9.59 Å². The SMILES string of the molecule is CCNC(=O)SCC(C)=O. The van der Waals surface area contributed by atoms with Gasteiger partial charge in [0.25, 0.3) is 5.24 Å². The smallest absolute Gasteiger partial charge is 0.279 e. The molecule has 1 N–H and O–H groups in total. The normalized spacial score (nSPS) is 9.00. The van der Waals surface area contributed by atoms with Crippen LogP contribution in [0, 0.1) is 0 Å². The predicted molar refractivity (Wildman–Crippen MR) is 42.2 cm³/mol. The van der Waals surface area contributed by atoms with Crippen molar-refractivity contribution in [2.75, 3.05) is 12.3 Å². The predicted octanol–water partition coefficient (Wildman–Crippen LogP) is 1.04. The molecule has 0 rings (SSSR count). The lowest BCUT2D eigenvalue weighted by atomic mass is 10.5. The van der Waals surface area contributed by atoms with Gasteiger partial charge in [0.15, 0.2) is 0 Å². The van der Waals surface area contributed by atoms with E-state index in [1.54, 1.807) is 0 Å². The van der Waals surface area contributed by atoms with Gasteiger partial charge in [0.1, 0.15) is 5.78 Å². The Kier molecular flexibility index (Phi) is 5.02. The second-order valence-electron chi connectivity index (χ2n) is 1.81. The number of rotatable bonds is 3. The van der Waals surface area contributed by atoms with E-state index in [9.17, 15) is 9.59 Å². The van der Waals surface area contributed by atoms with Crippen LogP contribution in [0.3, 0.4) is 0 Å². The molecule has 0 unspecified atom stereocenters. The van der Waals surface area contributed by atoms with Gasteiger partial charge >= 0.3 is 0 Å². The van der Waals surface area contributed by atoms with E-state index in [0.29, 0.717) is 6.54 Å². The Labute approximate surface area is 64.6 Å². The highest BCUT2D eigenvalue weighted by Gasteiger charge is 2.00. The van der Waals surface area contributed by atoms with Gasteiger partial charge in [0, 0.05) is 6.54 Å². The summed E-state index contributed by atoms with van der Waals surface area (Å²) < 4.78 is 0. The second-order valence-corrected chi connectivity index (χ2v) is 2.76. The third kappa shape index (κ3) is 5.62. The van der Waals surface area contributed by atoms with Gasteiger partial charge in [0.05, 0.1) is 5.75 Å². The molecular weight excluding hydrogens is 150 g/mol. The number of hydrogen-bond donors (Lipinski definition) is 1. The summed E-state index contributed by atoms with van der Waals surface area (Å²) in [6.07, 6.45) is 0. The van der Waals surface area contributed by atoms with E-state index in [0.717, 1.165) is 11.8 Å². The lowest BCUT2D eigenvalue weighted by Crippen LogP contribution is -2.18. The molecule has 0 saturated heterocycles. The molecule has 10 heavy (non-hydrogen) atoms. The lowest BCUT2D eigenvalue weighted by Gasteiger charge is -1.97. The summed E-state index contributed by atoms with van der Waals surface area (Å²) in [5.41, 5.74) is 0. The molecule has 0 fully saturated rings. The Bertz CT molecular complexity index is 136. The Morgan fingerprint density at radius 3 is 2.50 bits per heavy atom. The van der Waals surface area contributed by atoms with E-state index in [2.05, 4.69) is 5.32 Å². The summed E-state index contributed by atoms with van der Waals surface area (Å²) in [6, 6.07) is 0. The van der Waals surface area contributed by atoms with E-state index in [1.165, 1.54) is 6.92 Å². The number of amides is 1. The number of hydrogen-bond acceptors (Lipinski definition) is 3. The number of carbonyl (C=O) groups is 2. The average molecular weight is 161 g/mol. The lowest BCUT2D eigenvalue weighted by molar-refractivity contribution is -0.114. The van der Waals surface area contributed by atoms with Crippen LogP contribution in [0.2, 0.25) is 0 Å². The van der Waals surface area contributed by atoms with Crippen LogP contribution in [0.4, 0.5) is 4.79 Å². The van der Waals surface area contributed by atoms with E-state index >= 15 is 0 Å². The molecule has 0 spiro atoms. The van der Waals surface area contributed by atoms with Crippen molar-refractivity contribution in [1.82, 2.24) is 5.32 Å². The molecule has 0 heterocycles. The molecule has 4 heteroatoms. The molecule has 0 aliphatic carbocycles. The van der Waals surface area contributed by atoms with Crippen LogP contribution in [-0.4, -0.2) is 23.3 Å². The topological polar surface area (TPSA) is 46.2 Å². The zero-order valence-electron chi connectivity index (χ0n) is 6.14. The minimum Gasteiger partial charge on any atom is -0.347 e. The van der Waals surface area contributed by atoms with Crippen LogP contribution < -0.4 is 5.32 Å². The quantitative estimate of drug-likeness (QED) is 0.672. The number of Topliss-reactive ketones (excluding diaryl/α,β-unsaturated/α-hetero) is 1. The highest BCUT2D eigenvalue weighted by molar-refractivity contribution is 8.14. The molecule has 0 aromatic carbocycles. The summed E-state index contributed by atoms with van der Waals surface area (Å²) in [4.78, 5) is 21.0. The van der Waals surface area contributed by atoms with Gasteiger partial charge in [-0.25, -0.2) is 0 Å². The van der Waals surface area contributed by atoms with Gasteiger partial charge in [-0.05, 0) is 13.8 Å². The van der Waals surface area contributed by atoms with Gasteiger partial charge in [-0.1, -0.05) is 11.8 Å². The molecule has 0 aliphatic heterocycles. The summed E-state index contributed by atoms with van der Waals surface area (Å²) in [6.45, 7) is 3.92. The second kappa shape index (κ2) is 5.29. The van der Waals surface area contributed by atoms with Crippen molar-refractivity contribution >= 4 is 22.8 Å². The van der Waals surface area contributed by atoms with Crippen LogP contribution in [0.5, 0.6) is 0 Å². The third-order valence-corrected chi connectivity index (χ3v) is 1.69. The number of ketones is 1. The molecule has 3 nitrogen and oxygen atoms in total. The highest BCUT2D eigenvalue weighted by Crippen LogP contribution is 1.99. The fourth-order valence-electron chi connectivity index (χ4n) is 0.363. The van der Waals surface area contributed by atoms with Crippen molar-refractivity contribution in [3.63, 3.8) is 0 Å². The average Bonchev–Trinajstić information content (AvgIpc) is 1.85. The van der Waals surface area contributed by atoms with Gasteiger partial charge in [0.2, 0.25) is 0 Å². The summed E-state index contributed by atoms with van der Waals surface area (Å²) in [7, 11) is 0. The monoisotopic (exact) mass is 161 g/mol. The zero-order chi connectivity index (χ0) is 7.98. The molecule has 0 aromatic rings. The minimum atomic E-state index is -0.127. The van der Waals surface area contributed by atoms with Crippen molar-refractivity contribution in [3.8, 4) is 0 Å². The van der Waals surface area contributed by atoms with E-state index in [4.69, 9.17) is 0 Å². The zero-order valence-corrected chi connectivity index (χ0v) is 6.96. The van der Waals surface area contributed by atoms with Crippen molar-refractivity contribution in [3.05, 3.63) is 0 Å². The van der Waals surface area contributed by atoms with Crippen LogP contribution >= 0.6 is 11.8 Å². The first-order chi connectivity index (χ1) is 4.66. The van der Waals surface area contributed by atoms with Crippen molar-refractivity contribution in [2.24, 2.45) is 0 Å². The molecule has 58 valence electrons. The number of carbonyl (C=O) groups excluding carboxylic acids is 2. The highest BCUT2D eigenvalue weighted by atomic mass is 32.2. The molecule has 0 aliphatic rings. The van der Waals surface area contributed by atoms with E-state index in [1.807, 2.05) is 6.92 Å². The largest absolute Gasteiger partial charge is 0.347 e. The number of thioether (sulfide) groups is 1. The van der Waals surface area contributed by atoms with Crippen LogP contribution in [0.15, 0.2) is 0 Å². The maximum Gasteiger partial charge on any atom is 0.279 e. The van der Waals surface area contributed by atoms with E-state index < -0.39 is 0 Å². The van der Waals surface area contributed by atoms with E-state index in [-0.39, 0.29) is 16.8 Å².